The first-order valence-electron chi connectivity index (χ1n) is 12.6. The number of rotatable bonds is 8. The van der Waals surface area contributed by atoms with Crippen LogP contribution in [-0.2, 0) is 14.2 Å². The van der Waals surface area contributed by atoms with Crippen LogP contribution in [-0.4, -0.2) is 49.3 Å². The molecule has 1 aromatic heterocycles. The van der Waals surface area contributed by atoms with Gasteiger partial charge in [0.05, 0.1) is 41.9 Å². The van der Waals surface area contributed by atoms with E-state index in [9.17, 15) is 9.59 Å². The minimum Gasteiger partial charge on any atom is -0.491 e. The van der Waals surface area contributed by atoms with Gasteiger partial charge < -0.3 is 28.9 Å². The molecule has 1 aliphatic rings. The van der Waals surface area contributed by atoms with E-state index in [1.54, 1.807) is 24.3 Å². The standard InChI is InChI=1S/C29H28N2O6/c32-18-4-7-21-22-8-5-19(33)16-24(22)29-28(23(21)15-18)30-25-9-6-20(17-26(25)31-29)35-13-11-34-12-14-37-27-3-1-2-10-36-27/h4-9,15-17,27,30-31H,1-3,10-14H2. The van der Waals surface area contributed by atoms with E-state index in [2.05, 4.69) is 9.97 Å². The molecular formula is C29H28N2O6. The molecule has 0 spiro atoms. The van der Waals surface area contributed by atoms with Crippen molar-refractivity contribution in [3.8, 4) is 5.75 Å². The molecule has 1 fully saturated rings. The monoisotopic (exact) mass is 500 g/mol. The molecule has 6 rings (SSSR count). The lowest BCUT2D eigenvalue weighted by atomic mass is 9.99. The van der Waals surface area contributed by atoms with Gasteiger partial charge in [-0.1, -0.05) is 0 Å². The predicted molar refractivity (Wildman–Crippen MR) is 144 cm³/mol. The van der Waals surface area contributed by atoms with Gasteiger partial charge in [-0.15, -0.1) is 0 Å². The fraction of sp³-hybridized carbons (Fsp3) is 0.310. The number of aromatic nitrogens is 2. The van der Waals surface area contributed by atoms with Crippen molar-refractivity contribution in [1.29, 1.82) is 0 Å². The van der Waals surface area contributed by atoms with Gasteiger partial charge in [0.15, 0.2) is 17.1 Å². The van der Waals surface area contributed by atoms with Gasteiger partial charge >= 0.3 is 0 Å². The Labute approximate surface area is 212 Å². The Balaban J connectivity index is 1.21. The van der Waals surface area contributed by atoms with E-state index in [1.807, 2.05) is 30.3 Å². The van der Waals surface area contributed by atoms with Crippen LogP contribution in [0.25, 0.3) is 43.6 Å². The molecule has 2 N–H and O–H groups in total. The second-order valence-corrected chi connectivity index (χ2v) is 9.25. The maximum absolute atomic E-state index is 12.2. The van der Waals surface area contributed by atoms with E-state index < -0.39 is 0 Å². The van der Waals surface area contributed by atoms with Gasteiger partial charge in [-0.3, -0.25) is 9.59 Å². The highest BCUT2D eigenvalue weighted by Crippen LogP contribution is 2.33. The van der Waals surface area contributed by atoms with Gasteiger partial charge in [0.2, 0.25) is 0 Å². The number of fused-ring (bicyclic) bond motifs is 7. The predicted octanol–water partition coefficient (Wildman–Crippen LogP) is 4.61. The molecule has 1 saturated heterocycles. The van der Waals surface area contributed by atoms with Gasteiger partial charge in [0, 0.05) is 23.4 Å². The number of benzene rings is 4. The van der Waals surface area contributed by atoms with Crippen LogP contribution in [0.4, 0.5) is 0 Å². The summed E-state index contributed by atoms with van der Waals surface area (Å²) < 4.78 is 22.7. The lowest BCUT2D eigenvalue weighted by Gasteiger charge is -2.22. The maximum atomic E-state index is 12.2. The lowest BCUT2D eigenvalue weighted by Crippen LogP contribution is -2.24. The molecule has 5 aromatic rings. The summed E-state index contributed by atoms with van der Waals surface area (Å²) in [5.41, 5.74) is 3.08. The van der Waals surface area contributed by atoms with Crippen LogP contribution in [0.3, 0.4) is 0 Å². The Morgan fingerprint density at radius 1 is 0.730 bits per heavy atom. The summed E-state index contributed by atoms with van der Waals surface area (Å²) in [6.45, 7) is 2.61. The topological polar surface area (TPSA) is 103 Å². The second kappa shape index (κ2) is 10.3. The highest BCUT2D eigenvalue weighted by atomic mass is 16.7. The van der Waals surface area contributed by atoms with E-state index >= 15 is 0 Å². The van der Waals surface area contributed by atoms with Crippen LogP contribution in [0, 0.1) is 0 Å². The highest BCUT2D eigenvalue weighted by molar-refractivity contribution is 6.23. The average Bonchev–Trinajstić information content (AvgIpc) is 2.92. The van der Waals surface area contributed by atoms with Gasteiger partial charge in [0.1, 0.15) is 12.4 Å². The Morgan fingerprint density at radius 3 is 2.14 bits per heavy atom. The van der Waals surface area contributed by atoms with E-state index in [0.717, 1.165) is 69.5 Å². The van der Waals surface area contributed by atoms with Crippen molar-refractivity contribution in [3.05, 3.63) is 75.0 Å². The van der Waals surface area contributed by atoms with Crippen molar-refractivity contribution in [3.63, 3.8) is 0 Å². The molecule has 0 aliphatic carbocycles. The normalized spacial score (nSPS) is 16.2. The third-order valence-corrected chi connectivity index (χ3v) is 6.74. The number of aromatic amines is 2. The molecule has 0 bridgehead atoms. The van der Waals surface area contributed by atoms with E-state index in [1.165, 1.54) is 0 Å². The van der Waals surface area contributed by atoms with E-state index in [-0.39, 0.29) is 17.1 Å². The zero-order chi connectivity index (χ0) is 25.2. The first-order chi connectivity index (χ1) is 18.2. The third kappa shape index (κ3) is 4.96. The van der Waals surface area contributed by atoms with Crippen LogP contribution in [0.5, 0.6) is 5.75 Å². The van der Waals surface area contributed by atoms with Crippen LogP contribution in [0.1, 0.15) is 19.3 Å². The maximum Gasteiger partial charge on any atom is 0.179 e. The highest BCUT2D eigenvalue weighted by Gasteiger charge is 2.14. The van der Waals surface area contributed by atoms with Crippen molar-refractivity contribution in [2.24, 2.45) is 0 Å². The van der Waals surface area contributed by atoms with Gasteiger partial charge in [-0.25, -0.2) is 0 Å². The molecule has 8 nitrogen and oxygen atoms in total. The molecule has 0 saturated carbocycles. The summed E-state index contributed by atoms with van der Waals surface area (Å²) in [6.07, 6.45) is 3.08. The molecule has 0 radical (unpaired) electrons. The summed E-state index contributed by atoms with van der Waals surface area (Å²) in [5, 5.41) is 3.44. The van der Waals surface area contributed by atoms with Crippen LogP contribution < -0.4 is 15.6 Å². The smallest absolute Gasteiger partial charge is 0.179 e. The number of hydrogen-bond acceptors (Lipinski definition) is 6. The molecule has 1 atom stereocenters. The van der Waals surface area contributed by atoms with Gasteiger partial charge in [-0.05, 0) is 78.6 Å². The minimum atomic E-state index is -0.104. The largest absolute Gasteiger partial charge is 0.491 e. The van der Waals surface area contributed by atoms with Crippen molar-refractivity contribution in [2.45, 2.75) is 25.6 Å². The summed E-state index contributed by atoms with van der Waals surface area (Å²) in [6, 6.07) is 15.7. The number of H-pyrrole nitrogens is 2. The fourth-order valence-electron chi connectivity index (χ4n) is 4.96. The van der Waals surface area contributed by atoms with Crippen molar-refractivity contribution >= 4 is 43.6 Å². The first-order valence-corrected chi connectivity index (χ1v) is 12.6. The number of hydrogen-bond donors (Lipinski definition) is 2. The van der Waals surface area contributed by atoms with E-state index in [4.69, 9.17) is 18.9 Å². The lowest BCUT2D eigenvalue weighted by molar-refractivity contribution is -0.169. The zero-order valence-corrected chi connectivity index (χ0v) is 20.4. The Morgan fingerprint density at radius 2 is 1.43 bits per heavy atom. The summed E-state index contributed by atoms with van der Waals surface area (Å²) in [7, 11) is 0. The molecule has 1 unspecified atom stereocenters. The molecule has 1 aliphatic heterocycles. The SMILES string of the molecule is O=c1ccc2c3ccc(=O)cc3c3[nH]c4cc(OCCOCCOC5CCCCO5)ccc4[nH]c3c2c1. The summed E-state index contributed by atoms with van der Waals surface area (Å²) in [4.78, 5) is 31.3. The minimum absolute atomic E-state index is 0.0676. The Kier molecular flexibility index (Phi) is 6.61. The first kappa shape index (κ1) is 23.7. The molecule has 4 aromatic carbocycles. The molecular weight excluding hydrogens is 472 g/mol. The molecule has 2 heterocycles. The van der Waals surface area contributed by atoms with Gasteiger partial charge in [0.25, 0.3) is 0 Å². The number of ether oxygens (including phenoxy) is 4. The van der Waals surface area contributed by atoms with Crippen molar-refractivity contribution < 1.29 is 18.9 Å². The van der Waals surface area contributed by atoms with Crippen molar-refractivity contribution in [1.82, 2.24) is 9.97 Å². The Bertz CT molecular complexity index is 1700. The van der Waals surface area contributed by atoms with Crippen LogP contribution in [0.2, 0.25) is 0 Å². The van der Waals surface area contributed by atoms with E-state index in [0.29, 0.717) is 32.2 Å². The van der Waals surface area contributed by atoms with Crippen LogP contribution >= 0.6 is 0 Å². The molecule has 190 valence electrons. The third-order valence-electron chi connectivity index (χ3n) is 6.74. The molecule has 8 heteroatoms. The van der Waals surface area contributed by atoms with Gasteiger partial charge in [-0.2, -0.15) is 0 Å². The number of nitrogens with one attached hydrogen (secondary N) is 2. The summed E-state index contributed by atoms with van der Waals surface area (Å²) >= 11 is 0. The quantitative estimate of drug-likeness (QED) is 0.183. The molecule has 37 heavy (non-hydrogen) atoms. The average molecular weight is 501 g/mol. The van der Waals surface area contributed by atoms with Crippen LogP contribution in [0.15, 0.2) is 64.2 Å². The van der Waals surface area contributed by atoms with Crippen molar-refractivity contribution in [2.75, 3.05) is 33.0 Å². The second-order valence-electron chi connectivity index (χ2n) is 9.25. The Hall–Kier alpha value is -3.72. The zero-order valence-electron chi connectivity index (χ0n) is 20.4. The molecule has 0 amide bonds. The summed E-state index contributed by atoms with van der Waals surface area (Å²) in [5.74, 6) is 0.698. The fourth-order valence-corrected chi connectivity index (χ4v) is 4.96.